The minimum absolute atomic E-state index is 0.0423. The third kappa shape index (κ3) is 2.81. The van der Waals surface area contributed by atoms with Crippen molar-refractivity contribution in [3.05, 3.63) is 23.8 Å². The van der Waals surface area contributed by atoms with Gasteiger partial charge in [-0.1, -0.05) is 6.92 Å². The van der Waals surface area contributed by atoms with Crippen LogP contribution in [0.3, 0.4) is 0 Å². The lowest BCUT2D eigenvalue weighted by atomic mass is 10.0. The topological polar surface area (TPSA) is 83.9 Å². The van der Waals surface area contributed by atoms with E-state index in [1.165, 1.54) is 17.9 Å². The second kappa shape index (κ2) is 6.17. The van der Waals surface area contributed by atoms with Crippen molar-refractivity contribution in [3.63, 3.8) is 0 Å². The van der Waals surface area contributed by atoms with Crippen LogP contribution >= 0.6 is 0 Å². The summed E-state index contributed by atoms with van der Waals surface area (Å²) in [5, 5.41) is 9.22. The van der Waals surface area contributed by atoms with Crippen molar-refractivity contribution in [2.75, 3.05) is 4.90 Å². The van der Waals surface area contributed by atoms with Crippen molar-refractivity contribution < 1.29 is 24.2 Å². The summed E-state index contributed by atoms with van der Waals surface area (Å²) in [6.45, 7) is 4.91. The van der Waals surface area contributed by atoms with Gasteiger partial charge in [-0.05, 0) is 38.5 Å². The molecule has 1 N–H and O–H groups in total. The first-order chi connectivity index (χ1) is 10.4. The van der Waals surface area contributed by atoms with Gasteiger partial charge < -0.3 is 9.84 Å². The molecule has 0 aliphatic carbocycles. The molecule has 1 aromatic carbocycles. The molecule has 1 aliphatic rings. The fourth-order valence-corrected chi connectivity index (χ4v) is 2.42. The Morgan fingerprint density at radius 1 is 1.41 bits per heavy atom. The zero-order valence-corrected chi connectivity index (χ0v) is 12.8. The number of carboxylic acid groups (broad SMARTS) is 1. The normalized spacial score (nSPS) is 18.4. The van der Waals surface area contributed by atoms with Crippen LogP contribution in [0.4, 0.5) is 5.69 Å². The molecule has 0 saturated heterocycles. The van der Waals surface area contributed by atoms with E-state index in [0.29, 0.717) is 23.4 Å². The summed E-state index contributed by atoms with van der Waals surface area (Å²) in [5.41, 5.74) is 0.786. The summed E-state index contributed by atoms with van der Waals surface area (Å²) < 4.78 is 5.50. The minimum Gasteiger partial charge on any atom is -0.480 e. The average molecular weight is 305 g/mol. The smallest absolute Gasteiger partial charge is 0.326 e. The molecule has 1 aliphatic heterocycles. The van der Waals surface area contributed by atoms with Crippen molar-refractivity contribution in [1.29, 1.82) is 0 Å². The third-order valence-electron chi connectivity index (χ3n) is 3.65. The van der Waals surface area contributed by atoms with Crippen molar-refractivity contribution in [3.8, 4) is 5.75 Å². The number of aliphatic carboxylic acids is 1. The Bertz CT molecular complexity index is 625. The van der Waals surface area contributed by atoms with Gasteiger partial charge in [0.05, 0.1) is 5.69 Å². The second-order valence-corrected chi connectivity index (χ2v) is 5.34. The van der Waals surface area contributed by atoms with E-state index < -0.39 is 24.0 Å². The lowest BCUT2D eigenvalue weighted by Gasteiger charge is -2.35. The number of carboxylic acids is 1. The van der Waals surface area contributed by atoms with Gasteiger partial charge >= 0.3 is 5.97 Å². The number of nitrogens with zero attached hydrogens (tertiary/aromatic N) is 1. The molecule has 0 bridgehead atoms. The molecule has 1 amide bonds. The van der Waals surface area contributed by atoms with E-state index in [4.69, 9.17) is 4.74 Å². The standard InChI is InChI=1S/C16H19NO5/c1-4-5-13(18)11-6-7-14-12(8-11)17(9(2)16(20)21)15(19)10(3)22-14/h6-10H,4-5H2,1-3H3,(H,20,21). The molecule has 1 aromatic rings. The van der Waals surface area contributed by atoms with Crippen LogP contribution in [0.2, 0.25) is 0 Å². The Kier molecular flexibility index (Phi) is 4.49. The van der Waals surface area contributed by atoms with E-state index in [9.17, 15) is 19.5 Å². The Labute approximate surface area is 128 Å². The molecule has 0 aromatic heterocycles. The highest BCUT2D eigenvalue weighted by Crippen LogP contribution is 2.36. The second-order valence-electron chi connectivity index (χ2n) is 5.34. The number of carbonyl (C=O) groups is 3. The number of fused-ring (bicyclic) bond motifs is 1. The average Bonchev–Trinajstić information content (AvgIpc) is 2.47. The zero-order chi connectivity index (χ0) is 16.4. The Morgan fingerprint density at radius 2 is 2.09 bits per heavy atom. The summed E-state index contributed by atoms with van der Waals surface area (Å²) in [7, 11) is 0. The number of rotatable bonds is 5. The largest absolute Gasteiger partial charge is 0.480 e. The number of hydrogen-bond acceptors (Lipinski definition) is 4. The number of Topliss-reactive ketones (excluding diaryl/α,β-unsaturated/α-hetero) is 1. The number of ether oxygens (including phenoxy) is 1. The highest BCUT2D eigenvalue weighted by Gasteiger charge is 2.37. The van der Waals surface area contributed by atoms with E-state index in [1.54, 1.807) is 19.1 Å². The highest BCUT2D eigenvalue weighted by molar-refractivity contribution is 6.05. The molecule has 2 rings (SSSR count). The van der Waals surface area contributed by atoms with E-state index in [2.05, 4.69) is 0 Å². The molecule has 1 heterocycles. The summed E-state index contributed by atoms with van der Waals surface area (Å²) in [5.74, 6) is -1.17. The number of hydrogen-bond donors (Lipinski definition) is 1. The van der Waals surface area contributed by atoms with Crippen molar-refractivity contribution in [2.24, 2.45) is 0 Å². The van der Waals surface area contributed by atoms with E-state index >= 15 is 0 Å². The molecule has 22 heavy (non-hydrogen) atoms. The zero-order valence-electron chi connectivity index (χ0n) is 12.8. The third-order valence-corrected chi connectivity index (χ3v) is 3.65. The quantitative estimate of drug-likeness (QED) is 0.844. The molecule has 2 unspecified atom stereocenters. The van der Waals surface area contributed by atoms with Crippen LogP contribution in [0.5, 0.6) is 5.75 Å². The number of anilines is 1. The summed E-state index contributed by atoms with van der Waals surface area (Å²) in [4.78, 5) is 36.8. The van der Waals surface area contributed by atoms with Gasteiger partial charge in [-0.25, -0.2) is 4.79 Å². The molecular weight excluding hydrogens is 286 g/mol. The SMILES string of the molecule is CCCC(=O)c1ccc2c(c1)N(C(C)C(=O)O)C(=O)C(C)O2. The molecular formula is C16H19NO5. The van der Waals surface area contributed by atoms with Crippen LogP contribution in [0.25, 0.3) is 0 Å². The lowest BCUT2D eigenvalue weighted by Crippen LogP contribution is -2.51. The first-order valence-electron chi connectivity index (χ1n) is 7.26. The summed E-state index contributed by atoms with van der Waals surface area (Å²) in [6, 6.07) is 3.76. The molecule has 6 heteroatoms. The molecule has 2 atom stereocenters. The molecule has 0 fully saturated rings. The number of carbonyl (C=O) groups excluding carboxylic acids is 2. The number of amides is 1. The predicted octanol–water partition coefficient (Wildman–Crippen LogP) is 2.26. The van der Waals surface area contributed by atoms with Crippen LogP contribution in [0.15, 0.2) is 18.2 Å². The van der Waals surface area contributed by atoms with Gasteiger partial charge in [0.25, 0.3) is 5.91 Å². The van der Waals surface area contributed by atoms with E-state index in [0.717, 1.165) is 6.42 Å². The van der Waals surface area contributed by atoms with Crippen molar-refractivity contribution in [1.82, 2.24) is 0 Å². The maximum atomic E-state index is 12.3. The van der Waals surface area contributed by atoms with Crippen LogP contribution in [-0.2, 0) is 9.59 Å². The van der Waals surface area contributed by atoms with Crippen LogP contribution in [0, 0.1) is 0 Å². The monoisotopic (exact) mass is 305 g/mol. The van der Waals surface area contributed by atoms with Crippen molar-refractivity contribution >= 4 is 23.3 Å². The fourth-order valence-electron chi connectivity index (χ4n) is 2.42. The highest BCUT2D eigenvalue weighted by atomic mass is 16.5. The van der Waals surface area contributed by atoms with Crippen LogP contribution in [0.1, 0.15) is 44.0 Å². The van der Waals surface area contributed by atoms with Crippen molar-refractivity contribution in [2.45, 2.75) is 45.8 Å². The van der Waals surface area contributed by atoms with E-state index in [-0.39, 0.29) is 5.78 Å². The number of benzene rings is 1. The molecule has 0 saturated carbocycles. The maximum absolute atomic E-state index is 12.3. The first kappa shape index (κ1) is 16.0. The van der Waals surface area contributed by atoms with Gasteiger partial charge in [-0.2, -0.15) is 0 Å². The molecule has 0 radical (unpaired) electrons. The van der Waals surface area contributed by atoms with Gasteiger partial charge in [0.15, 0.2) is 11.9 Å². The summed E-state index contributed by atoms with van der Waals surface area (Å²) in [6.07, 6.45) is 0.363. The maximum Gasteiger partial charge on any atom is 0.326 e. The fraction of sp³-hybridized carbons (Fsp3) is 0.438. The van der Waals surface area contributed by atoms with E-state index in [1.807, 2.05) is 6.92 Å². The van der Waals surface area contributed by atoms with Gasteiger partial charge in [0.2, 0.25) is 0 Å². The van der Waals surface area contributed by atoms with Crippen LogP contribution < -0.4 is 9.64 Å². The Morgan fingerprint density at radius 3 is 2.68 bits per heavy atom. The Hall–Kier alpha value is -2.37. The minimum atomic E-state index is -1.11. The van der Waals surface area contributed by atoms with Gasteiger partial charge in [0, 0.05) is 12.0 Å². The van der Waals surface area contributed by atoms with Crippen LogP contribution in [-0.4, -0.2) is 34.9 Å². The Balaban J connectivity index is 2.50. The number of ketones is 1. The summed E-state index contributed by atoms with van der Waals surface area (Å²) >= 11 is 0. The van der Waals surface area contributed by atoms with Gasteiger partial charge in [-0.15, -0.1) is 0 Å². The van der Waals surface area contributed by atoms with Gasteiger partial charge in [0.1, 0.15) is 11.8 Å². The molecule has 6 nitrogen and oxygen atoms in total. The molecule has 118 valence electrons. The van der Waals surface area contributed by atoms with Gasteiger partial charge in [-0.3, -0.25) is 14.5 Å². The molecule has 0 spiro atoms. The predicted molar refractivity (Wildman–Crippen MR) is 80.4 cm³/mol. The lowest BCUT2D eigenvalue weighted by molar-refractivity contribution is -0.140. The first-order valence-corrected chi connectivity index (χ1v) is 7.26.